The molecule has 0 aliphatic carbocycles. The Morgan fingerprint density at radius 1 is 1.17 bits per heavy atom. The highest BCUT2D eigenvalue weighted by atomic mass is 15.0. The van der Waals surface area contributed by atoms with Crippen molar-refractivity contribution in [3.63, 3.8) is 0 Å². The molecular formula is C15H21N3. The smallest absolute Gasteiger partial charge is 0.0705 e. The van der Waals surface area contributed by atoms with E-state index < -0.39 is 0 Å². The van der Waals surface area contributed by atoms with Gasteiger partial charge in [0.25, 0.3) is 0 Å². The maximum Gasteiger partial charge on any atom is 0.0705 e. The number of benzene rings is 1. The molecule has 3 heteroatoms. The number of nitrogens with zero attached hydrogens (tertiary/aromatic N) is 2. The summed E-state index contributed by atoms with van der Waals surface area (Å²) < 4.78 is 0. The molecule has 3 nitrogen and oxygen atoms in total. The molecular weight excluding hydrogens is 222 g/mol. The minimum atomic E-state index is 0.913. The van der Waals surface area contributed by atoms with E-state index in [1.807, 2.05) is 12.3 Å². The normalized spacial score (nSPS) is 11.3. The average Bonchev–Trinajstić information content (AvgIpc) is 2.38. The molecule has 0 atom stereocenters. The van der Waals surface area contributed by atoms with Crippen LogP contribution in [-0.4, -0.2) is 37.1 Å². The highest BCUT2D eigenvalue weighted by Gasteiger charge is 2.00. The van der Waals surface area contributed by atoms with Gasteiger partial charge >= 0.3 is 0 Å². The topological polar surface area (TPSA) is 28.2 Å². The molecule has 0 unspecified atom stereocenters. The van der Waals surface area contributed by atoms with Crippen molar-refractivity contribution >= 4 is 10.9 Å². The van der Waals surface area contributed by atoms with Crippen LogP contribution >= 0.6 is 0 Å². The maximum atomic E-state index is 4.38. The average molecular weight is 243 g/mol. The van der Waals surface area contributed by atoms with Crippen molar-refractivity contribution in [1.29, 1.82) is 0 Å². The lowest BCUT2D eigenvalue weighted by molar-refractivity contribution is 0.394. The second-order valence-corrected chi connectivity index (χ2v) is 4.82. The van der Waals surface area contributed by atoms with Crippen molar-refractivity contribution in [2.24, 2.45) is 0 Å². The summed E-state index contributed by atoms with van der Waals surface area (Å²) in [5.74, 6) is 0. The molecule has 0 fully saturated rings. The lowest BCUT2D eigenvalue weighted by Crippen LogP contribution is -2.21. The van der Waals surface area contributed by atoms with Crippen LogP contribution in [-0.2, 0) is 6.54 Å². The Morgan fingerprint density at radius 3 is 2.83 bits per heavy atom. The number of fused-ring (bicyclic) bond motifs is 1. The standard InChI is InChI=1S/C15H21N3/c1-18(2)11-5-9-16-12-13-8-10-17-15-7-4-3-6-14(13)15/h3-4,6-8,10,16H,5,9,11-12H2,1-2H3. The first kappa shape index (κ1) is 13.0. The van der Waals surface area contributed by atoms with Gasteiger partial charge in [0.15, 0.2) is 0 Å². The summed E-state index contributed by atoms with van der Waals surface area (Å²) in [5.41, 5.74) is 2.40. The number of pyridine rings is 1. The van der Waals surface area contributed by atoms with Crippen LogP contribution in [0.15, 0.2) is 36.5 Å². The highest BCUT2D eigenvalue weighted by molar-refractivity contribution is 5.81. The van der Waals surface area contributed by atoms with Crippen molar-refractivity contribution < 1.29 is 0 Å². The van der Waals surface area contributed by atoms with Gasteiger partial charge in [-0.3, -0.25) is 4.98 Å². The summed E-state index contributed by atoms with van der Waals surface area (Å²) in [5, 5.41) is 4.74. The monoisotopic (exact) mass is 243 g/mol. The molecule has 0 saturated heterocycles. The molecule has 1 heterocycles. The van der Waals surface area contributed by atoms with Gasteiger partial charge < -0.3 is 10.2 Å². The summed E-state index contributed by atoms with van der Waals surface area (Å²) in [4.78, 5) is 6.59. The fraction of sp³-hybridized carbons (Fsp3) is 0.400. The molecule has 0 saturated carbocycles. The first-order chi connectivity index (χ1) is 8.77. The Morgan fingerprint density at radius 2 is 2.00 bits per heavy atom. The lowest BCUT2D eigenvalue weighted by atomic mass is 10.1. The van der Waals surface area contributed by atoms with E-state index in [0.29, 0.717) is 0 Å². The third kappa shape index (κ3) is 3.52. The molecule has 1 aromatic carbocycles. The first-order valence-electron chi connectivity index (χ1n) is 6.45. The molecule has 0 aliphatic rings. The highest BCUT2D eigenvalue weighted by Crippen LogP contribution is 2.15. The molecule has 1 aromatic heterocycles. The number of aromatic nitrogens is 1. The van der Waals surface area contributed by atoms with E-state index >= 15 is 0 Å². The van der Waals surface area contributed by atoms with Crippen LogP contribution in [0.1, 0.15) is 12.0 Å². The predicted molar refractivity (Wildman–Crippen MR) is 76.6 cm³/mol. The van der Waals surface area contributed by atoms with Crippen LogP contribution in [0.3, 0.4) is 0 Å². The van der Waals surface area contributed by atoms with E-state index in [1.165, 1.54) is 17.4 Å². The van der Waals surface area contributed by atoms with Gasteiger partial charge in [-0.25, -0.2) is 0 Å². The van der Waals surface area contributed by atoms with Crippen LogP contribution in [0.4, 0.5) is 0 Å². The Balaban J connectivity index is 1.91. The van der Waals surface area contributed by atoms with E-state index in [2.05, 4.69) is 53.6 Å². The van der Waals surface area contributed by atoms with Gasteiger partial charge in [-0.2, -0.15) is 0 Å². The maximum absolute atomic E-state index is 4.38. The minimum absolute atomic E-state index is 0.913. The van der Waals surface area contributed by atoms with Gasteiger partial charge in [-0.1, -0.05) is 18.2 Å². The summed E-state index contributed by atoms with van der Waals surface area (Å²) in [7, 11) is 4.22. The molecule has 1 N–H and O–H groups in total. The SMILES string of the molecule is CN(C)CCCNCc1ccnc2ccccc12. The molecule has 2 rings (SSSR count). The van der Waals surface area contributed by atoms with Crippen molar-refractivity contribution in [2.75, 3.05) is 27.2 Å². The summed E-state index contributed by atoms with van der Waals surface area (Å²) >= 11 is 0. The van der Waals surface area contributed by atoms with Gasteiger partial charge in [0.1, 0.15) is 0 Å². The van der Waals surface area contributed by atoms with E-state index in [0.717, 1.165) is 25.2 Å². The second kappa shape index (κ2) is 6.47. The third-order valence-electron chi connectivity index (χ3n) is 3.01. The predicted octanol–water partition coefficient (Wildman–Crippen LogP) is 2.28. The third-order valence-corrected chi connectivity index (χ3v) is 3.01. The van der Waals surface area contributed by atoms with Crippen molar-refractivity contribution in [3.05, 3.63) is 42.1 Å². The van der Waals surface area contributed by atoms with Crippen molar-refractivity contribution in [2.45, 2.75) is 13.0 Å². The Hall–Kier alpha value is -1.45. The number of nitrogens with one attached hydrogen (secondary N) is 1. The van der Waals surface area contributed by atoms with Crippen LogP contribution in [0.2, 0.25) is 0 Å². The molecule has 18 heavy (non-hydrogen) atoms. The first-order valence-corrected chi connectivity index (χ1v) is 6.45. The van der Waals surface area contributed by atoms with E-state index in [9.17, 15) is 0 Å². The zero-order valence-corrected chi connectivity index (χ0v) is 11.2. The minimum Gasteiger partial charge on any atom is -0.313 e. The van der Waals surface area contributed by atoms with E-state index in [4.69, 9.17) is 0 Å². The Bertz CT molecular complexity index is 489. The molecule has 0 spiro atoms. The summed E-state index contributed by atoms with van der Waals surface area (Å²) in [6.07, 6.45) is 3.06. The van der Waals surface area contributed by atoms with Crippen molar-refractivity contribution in [3.8, 4) is 0 Å². The van der Waals surface area contributed by atoms with E-state index in [-0.39, 0.29) is 0 Å². The van der Waals surface area contributed by atoms with Crippen LogP contribution < -0.4 is 5.32 Å². The Labute approximate surface area is 109 Å². The van der Waals surface area contributed by atoms with Crippen molar-refractivity contribution in [1.82, 2.24) is 15.2 Å². The molecule has 0 aliphatic heterocycles. The fourth-order valence-electron chi connectivity index (χ4n) is 2.05. The van der Waals surface area contributed by atoms with Gasteiger partial charge in [-0.15, -0.1) is 0 Å². The fourth-order valence-corrected chi connectivity index (χ4v) is 2.05. The van der Waals surface area contributed by atoms with Crippen LogP contribution in [0.5, 0.6) is 0 Å². The Kier molecular flexibility index (Phi) is 4.67. The van der Waals surface area contributed by atoms with Gasteiger partial charge in [0.05, 0.1) is 5.52 Å². The van der Waals surface area contributed by atoms with Crippen LogP contribution in [0, 0.1) is 0 Å². The molecule has 0 radical (unpaired) electrons. The number of hydrogen-bond acceptors (Lipinski definition) is 3. The summed E-state index contributed by atoms with van der Waals surface area (Å²) in [6.45, 7) is 3.09. The molecule has 2 aromatic rings. The quantitative estimate of drug-likeness (QED) is 0.789. The second-order valence-electron chi connectivity index (χ2n) is 4.82. The van der Waals surface area contributed by atoms with Gasteiger partial charge in [0.2, 0.25) is 0 Å². The zero-order chi connectivity index (χ0) is 12.8. The molecule has 96 valence electrons. The van der Waals surface area contributed by atoms with Gasteiger partial charge in [-0.05, 0) is 51.3 Å². The summed E-state index contributed by atoms with van der Waals surface area (Å²) in [6, 6.07) is 10.4. The largest absolute Gasteiger partial charge is 0.313 e. The number of rotatable bonds is 6. The molecule has 0 bridgehead atoms. The van der Waals surface area contributed by atoms with Crippen LogP contribution in [0.25, 0.3) is 10.9 Å². The van der Waals surface area contributed by atoms with Gasteiger partial charge in [0, 0.05) is 18.1 Å². The number of hydrogen-bond donors (Lipinski definition) is 1. The molecule has 0 amide bonds. The lowest BCUT2D eigenvalue weighted by Gasteiger charge is -2.10. The number of para-hydroxylation sites is 1. The zero-order valence-electron chi connectivity index (χ0n) is 11.2. The van der Waals surface area contributed by atoms with E-state index in [1.54, 1.807) is 0 Å².